The number of thioether (sulfide) groups is 1. The smallest absolute Gasteiger partial charge is 0.266 e. The third-order valence-corrected chi connectivity index (χ3v) is 8.82. The summed E-state index contributed by atoms with van der Waals surface area (Å²) in [4.78, 5) is 40.1. The Bertz CT molecular complexity index is 1840. The minimum atomic E-state index is -0.521. The second kappa shape index (κ2) is 12.7. The molecule has 1 unspecified atom stereocenters. The zero-order chi connectivity index (χ0) is 29.6. The lowest BCUT2D eigenvalue weighted by Gasteiger charge is -2.13. The number of fused-ring (bicyclic) bond motifs is 1. The fourth-order valence-electron chi connectivity index (χ4n) is 4.31. The molecule has 0 aliphatic carbocycles. The molecule has 0 fully saturated rings. The molecule has 1 atom stereocenters. The fourth-order valence-corrected chi connectivity index (χ4v) is 6.30. The molecule has 0 saturated heterocycles. The third kappa shape index (κ3) is 6.52. The zero-order valence-electron chi connectivity index (χ0n) is 22.8. The first-order chi connectivity index (χ1) is 20.3. The van der Waals surface area contributed by atoms with E-state index < -0.39 is 5.25 Å². The molecule has 0 saturated carbocycles. The Balaban J connectivity index is 1.24. The predicted molar refractivity (Wildman–Crippen MR) is 170 cm³/mol. The summed E-state index contributed by atoms with van der Waals surface area (Å²) in [5.41, 5.74) is 2.58. The van der Waals surface area contributed by atoms with Crippen molar-refractivity contribution in [1.82, 2.24) is 0 Å². The highest BCUT2D eigenvalue weighted by molar-refractivity contribution is 8.00. The zero-order valence-corrected chi connectivity index (χ0v) is 24.4. The van der Waals surface area contributed by atoms with Gasteiger partial charge in [-0.3, -0.25) is 14.4 Å². The number of rotatable bonds is 8. The standard InChI is InChI=1S/C33H26N4O3S2/c1-20-28(19-34)33(42-29(20)32(40)35-25-11-4-3-5-12-25)37-30(38)21(2)41-27-14-8-13-26(18-27)36-31(39)24-16-15-22-9-6-7-10-23(22)17-24/h3-18,21H,1-2H3,(H,35,40)(H,36,39)(H,37,38). The van der Waals surface area contributed by atoms with Gasteiger partial charge in [-0.1, -0.05) is 54.6 Å². The lowest BCUT2D eigenvalue weighted by atomic mass is 10.1. The van der Waals surface area contributed by atoms with Gasteiger partial charge in [-0.2, -0.15) is 5.26 Å². The van der Waals surface area contributed by atoms with Crippen LogP contribution in [0.2, 0.25) is 0 Å². The molecule has 42 heavy (non-hydrogen) atoms. The molecule has 5 aromatic rings. The Morgan fingerprint density at radius 1 is 0.786 bits per heavy atom. The highest BCUT2D eigenvalue weighted by atomic mass is 32.2. The van der Waals surface area contributed by atoms with Crippen LogP contribution in [0.15, 0.2) is 102 Å². The van der Waals surface area contributed by atoms with Gasteiger partial charge in [0.2, 0.25) is 5.91 Å². The van der Waals surface area contributed by atoms with Crippen molar-refractivity contribution in [3.8, 4) is 6.07 Å². The Kier molecular flexibility index (Phi) is 8.67. The maximum Gasteiger partial charge on any atom is 0.266 e. The van der Waals surface area contributed by atoms with Gasteiger partial charge in [-0.15, -0.1) is 23.1 Å². The van der Waals surface area contributed by atoms with Gasteiger partial charge in [0.15, 0.2) is 0 Å². The van der Waals surface area contributed by atoms with Crippen molar-refractivity contribution in [3.63, 3.8) is 0 Å². The van der Waals surface area contributed by atoms with E-state index in [0.717, 1.165) is 27.0 Å². The van der Waals surface area contributed by atoms with Crippen LogP contribution in [-0.4, -0.2) is 23.0 Å². The molecule has 1 aromatic heterocycles. The fraction of sp³-hybridized carbons (Fsp3) is 0.0909. The number of nitrogens with one attached hydrogen (secondary N) is 3. The summed E-state index contributed by atoms with van der Waals surface area (Å²) < 4.78 is 0. The van der Waals surface area contributed by atoms with Crippen LogP contribution >= 0.6 is 23.1 Å². The average molecular weight is 591 g/mol. The van der Waals surface area contributed by atoms with E-state index in [-0.39, 0.29) is 23.3 Å². The number of para-hydroxylation sites is 1. The summed E-state index contributed by atoms with van der Waals surface area (Å²) in [5.74, 6) is -0.873. The molecule has 0 aliphatic heterocycles. The molecule has 7 nitrogen and oxygen atoms in total. The number of carbonyl (C=O) groups excluding carboxylic acids is 3. The Hall–Kier alpha value is -4.91. The lowest BCUT2D eigenvalue weighted by molar-refractivity contribution is -0.115. The highest BCUT2D eigenvalue weighted by Gasteiger charge is 2.23. The molecule has 3 N–H and O–H groups in total. The molecule has 0 spiro atoms. The molecular formula is C33H26N4O3S2. The monoisotopic (exact) mass is 590 g/mol. The van der Waals surface area contributed by atoms with Crippen molar-refractivity contribution in [2.45, 2.75) is 24.0 Å². The van der Waals surface area contributed by atoms with E-state index in [1.165, 1.54) is 11.8 Å². The molecule has 9 heteroatoms. The first-order valence-corrected chi connectivity index (χ1v) is 14.8. The van der Waals surface area contributed by atoms with E-state index in [4.69, 9.17) is 0 Å². The number of anilines is 3. The highest BCUT2D eigenvalue weighted by Crippen LogP contribution is 2.34. The number of nitriles is 1. The normalized spacial score (nSPS) is 11.4. The summed E-state index contributed by atoms with van der Waals surface area (Å²) in [7, 11) is 0. The van der Waals surface area contributed by atoms with E-state index in [9.17, 15) is 19.6 Å². The van der Waals surface area contributed by atoms with Crippen LogP contribution in [0.4, 0.5) is 16.4 Å². The minimum absolute atomic E-state index is 0.224. The molecule has 0 bridgehead atoms. The van der Waals surface area contributed by atoms with Crippen LogP contribution in [0.3, 0.4) is 0 Å². The average Bonchev–Trinajstić information content (AvgIpc) is 3.31. The summed E-state index contributed by atoms with van der Waals surface area (Å²) in [5, 5.41) is 20.2. The molecule has 0 radical (unpaired) electrons. The number of hydrogen-bond acceptors (Lipinski definition) is 6. The van der Waals surface area contributed by atoms with Crippen molar-refractivity contribution in [2.75, 3.05) is 16.0 Å². The summed E-state index contributed by atoms with van der Waals surface area (Å²) >= 11 is 2.40. The number of thiophene rings is 1. The van der Waals surface area contributed by atoms with Gasteiger partial charge in [0.05, 0.1) is 15.7 Å². The van der Waals surface area contributed by atoms with Gasteiger partial charge in [-0.05, 0) is 72.6 Å². The molecule has 3 amide bonds. The Morgan fingerprint density at radius 2 is 1.48 bits per heavy atom. The van der Waals surface area contributed by atoms with Gasteiger partial charge < -0.3 is 16.0 Å². The third-order valence-electron chi connectivity index (χ3n) is 6.52. The summed E-state index contributed by atoms with van der Waals surface area (Å²) in [6.07, 6.45) is 0. The minimum Gasteiger partial charge on any atom is -0.322 e. The second-order valence-electron chi connectivity index (χ2n) is 9.49. The maximum atomic E-state index is 13.1. The van der Waals surface area contributed by atoms with Gasteiger partial charge in [0.1, 0.15) is 11.1 Å². The van der Waals surface area contributed by atoms with Crippen LogP contribution < -0.4 is 16.0 Å². The van der Waals surface area contributed by atoms with Gasteiger partial charge >= 0.3 is 0 Å². The second-order valence-corrected chi connectivity index (χ2v) is 11.9. The number of benzene rings is 4. The molecular weight excluding hydrogens is 565 g/mol. The van der Waals surface area contributed by atoms with Crippen LogP contribution in [0.1, 0.15) is 38.1 Å². The SMILES string of the molecule is Cc1c(C(=O)Nc2ccccc2)sc(NC(=O)C(C)Sc2cccc(NC(=O)c3ccc4ccccc4c3)c2)c1C#N. The molecule has 4 aromatic carbocycles. The van der Waals surface area contributed by atoms with E-state index in [0.29, 0.717) is 32.4 Å². The van der Waals surface area contributed by atoms with Gasteiger partial charge in [-0.25, -0.2) is 0 Å². The lowest BCUT2D eigenvalue weighted by Crippen LogP contribution is -2.22. The number of amides is 3. The van der Waals surface area contributed by atoms with Crippen molar-refractivity contribution >= 4 is 68.0 Å². The molecule has 5 rings (SSSR count). The van der Waals surface area contributed by atoms with E-state index in [1.807, 2.05) is 72.8 Å². The molecule has 208 valence electrons. The Labute approximate surface area is 251 Å². The van der Waals surface area contributed by atoms with Gasteiger partial charge in [0.25, 0.3) is 11.8 Å². The van der Waals surface area contributed by atoms with E-state index >= 15 is 0 Å². The van der Waals surface area contributed by atoms with Crippen molar-refractivity contribution < 1.29 is 14.4 Å². The van der Waals surface area contributed by atoms with Crippen molar-refractivity contribution in [3.05, 3.63) is 119 Å². The predicted octanol–water partition coefficient (Wildman–Crippen LogP) is 7.71. The quantitative estimate of drug-likeness (QED) is 0.160. The number of nitrogens with zero attached hydrogens (tertiary/aromatic N) is 1. The Morgan fingerprint density at radius 3 is 2.24 bits per heavy atom. The summed E-state index contributed by atoms with van der Waals surface area (Å²) in [6, 6.07) is 31.9. The number of carbonyl (C=O) groups is 3. The van der Waals surface area contributed by atoms with Crippen LogP contribution in [0.5, 0.6) is 0 Å². The summed E-state index contributed by atoms with van der Waals surface area (Å²) in [6.45, 7) is 3.45. The molecule has 0 aliphatic rings. The van der Waals surface area contributed by atoms with Crippen LogP contribution in [0, 0.1) is 18.3 Å². The van der Waals surface area contributed by atoms with E-state index in [2.05, 4.69) is 22.0 Å². The first kappa shape index (κ1) is 28.6. The topological polar surface area (TPSA) is 111 Å². The van der Waals surface area contributed by atoms with E-state index in [1.54, 1.807) is 38.1 Å². The van der Waals surface area contributed by atoms with Crippen molar-refractivity contribution in [1.29, 1.82) is 5.26 Å². The van der Waals surface area contributed by atoms with Crippen molar-refractivity contribution in [2.24, 2.45) is 0 Å². The molecule has 1 heterocycles. The maximum absolute atomic E-state index is 13.1. The first-order valence-electron chi connectivity index (χ1n) is 13.1. The van der Waals surface area contributed by atoms with Crippen LogP contribution in [0.25, 0.3) is 10.8 Å². The number of hydrogen-bond donors (Lipinski definition) is 3. The van der Waals surface area contributed by atoms with Gasteiger partial charge in [0, 0.05) is 21.8 Å². The largest absolute Gasteiger partial charge is 0.322 e. The van der Waals surface area contributed by atoms with Crippen LogP contribution in [-0.2, 0) is 4.79 Å².